The topological polar surface area (TPSA) is 37.3 Å². The third-order valence-electron chi connectivity index (χ3n) is 5.21. The molecule has 1 aliphatic carbocycles. The highest BCUT2D eigenvalue weighted by Gasteiger charge is 2.42. The van der Waals surface area contributed by atoms with Gasteiger partial charge < -0.3 is 5.11 Å². The lowest BCUT2D eigenvalue weighted by Crippen LogP contribution is -2.28. The first-order valence-electron chi connectivity index (χ1n) is 9.76. The van der Waals surface area contributed by atoms with E-state index in [-0.39, 0.29) is 6.42 Å². The van der Waals surface area contributed by atoms with Crippen LogP contribution in [0.2, 0.25) is 0 Å². The summed E-state index contributed by atoms with van der Waals surface area (Å²) in [5.41, 5.74) is 1.43. The SMILES string of the molecule is O=C(O)CCCC[P+](CC1=CCCC=C1)(c1ccccc1)c1ccccc1. The van der Waals surface area contributed by atoms with Gasteiger partial charge in [-0.05, 0) is 55.5 Å². The van der Waals surface area contributed by atoms with Gasteiger partial charge in [0.2, 0.25) is 0 Å². The molecule has 140 valence electrons. The van der Waals surface area contributed by atoms with Crippen molar-refractivity contribution in [3.8, 4) is 0 Å². The van der Waals surface area contributed by atoms with E-state index in [1.807, 2.05) is 0 Å². The lowest BCUT2D eigenvalue weighted by Gasteiger charge is -2.28. The number of carboxylic acids is 1. The Morgan fingerprint density at radius 2 is 1.52 bits per heavy atom. The van der Waals surface area contributed by atoms with Crippen molar-refractivity contribution in [2.45, 2.75) is 32.1 Å². The molecule has 0 atom stereocenters. The summed E-state index contributed by atoms with van der Waals surface area (Å²) >= 11 is 0. The minimum absolute atomic E-state index is 0.256. The van der Waals surface area contributed by atoms with Crippen LogP contribution in [0, 0.1) is 0 Å². The van der Waals surface area contributed by atoms with Crippen LogP contribution in [-0.4, -0.2) is 23.4 Å². The van der Waals surface area contributed by atoms with Crippen molar-refractivity contribution in [1.82, 2.24) is 0 Å². The van der Waals surface area contributed by atoms with Gasteiger partial charge in [-0.1, -0.05) is 54.6 Å². The normalized spacial score (nSPS) is 14.0. The van der Waals surface area contributed by atoms with Crippen LogP contribution in [0.5, 0.6) is 0 Å². The summed E-state index contributed by atoms with van der Waals surface area (Å²) in [5.74, 6) is -0.698. The lowest BCUT2D eigenvalue weighted by molar-refractivity contribution is -0.137. The highest BCUT2D eigenvalue weighted by Crippen LogP contribution is 2.58. The molecule has 0 saturated heterocycles. The second kappa shape index (κ2) is 9.67. The Kier molecular flexibility index (Phi) is 7.01. The third-order valence-corrected chi connectivity index (χ3v) is 9.76. The van der Waals surface area contributed by atoms with Gasteiger partial charge in [-0.15, -0.1) is 0 Å². The van der Waals surface area contributed by atoms with Crippen molar-refractivity contribution in [3.63, 3.8) is 0 Å². The number of hydrogen-bond acceptors (Lipinski definition) is 1. The molecule has 2 nitrogen and oxygen atoms in total. The van der Waals surface area contributed by atoms with Crippen molar-refractivity contribution < 1.29 is 9.90 Å². The van der Waals surface area contributed by atoms with Crippen LogP contribution in [0.15, 0.2) is 84.5 Å². The van der Waals surface area contributed by atoms with Gasteiger partial charge in [-0.2, -0.15) is 0 Å². The quantitative estimate of drug-likeness (QED) is 0.481. The van der Waals surface area contributed by atoms with Crippen molar-refractivity contribution >= 4 is 23.8 Å². The molecule has 0 unspecified atom stereocenters. The molecule has 0 bridgehead atoms. The maximum atomic E-state index is 11.0. The Labute approximate surface area is 163 Å². The minimum atomic E-state index is -1.64. The van der Waals surface area contributed by atoms with E-state index in [9.17, 15) is 4.79 Å². The molecule has 0 aliphatic heterocycles. The Morgan fingerprint density at radius 1 is 0.889 bits per heavy atom. The summed E-state index contributed by atoms with van der Waals surface area (Å²) in [6.07, 6.45) is 13.3. The van der Waals surface area contributed by atoms with Crippen molar-refractivity contribution in [1.29, 1.82) is 0 Å². The van der Waals surface area contributed by atoms with Crippen LogP contribution < -0.4 is 10.6 Å². The Hall–Kier alpha value is -2.18. The summed E-state index contributed by atoms with van der Waals surface area (Å²) in [5, 5.41) is 11.9. The van der Waals surface area contributed by atoms with Gasteiger partial charge in [0.05, 0.1) is 30.2 Å². The minimum Gasteiger partial charge on any atom is -0.481 e. The highest BCUT2D eigenvalue weighted by atomic mass is 31.2. The number of unbranched alkanes of at least 4 members (excludes halogenated alkanes) is 1. The first-order valence-corrected chi connectivity index (χ1v) is 11.9. The Balaban J connectivity index is 1.99. The largest absolute Gasteiger partial charge is 0.481 e. The molecule has 2 aromatic rings. The van der Waals surface area contributed by atoms with Gasteiger partial charge in [0.15, 0.2) is 0 Å². The van der Waals surface area contributed by atoms with Crippen LogP contribution in [0.25, 0.3) is 0 Å². The maximum Gasteiger partial charge on any atom is 0.303 e. The molecule has 3 heteroatoms. The molecule has 1 N–H and O–H groups in total. The molecule has 0 heterocycles. The number of allylic oxidation sites excluding steroid dienone is 4. The average molecular weight is 379 g/mol. The van der Waals surface area contributed by atoms with Crippen LogP contribution in [0.1, 0.15) is 32.1 Å². The van der Waals surface area contributed by atoms with Gasteiger partial charge >= 0.3 is 5.97 Å². The second-order valence-electron chi connectivity index (χ2n) is 7.13. The molecule has 3 rings (SSSR count). The number of rotatable bonds is 9. The van der Waals surface area contributed by atoms with E-state index in [2.05, 4.69) is 78.9 Å². The second-order valence-corrected chi connectivity index (χ2v) is 10.9. The average Bonchev–Trinajstić information content (AvgIpc) is 2.72. The number of carbonyl (C=O) groups is 1. The molecule has 0 saturated carbocycles. The van der Waals surface area contributed by atoms with Crippen molar-refractivity contribution in [2.24, 2.45) is 0 Å². The molecule has 0 radical (unpaired) electrons. The zero-order valence-electron chi connectivity index (χ0n) is 15.8. The number of carboxylic acid groups (broad SMARTS) is 1. The number of aliphatic carboxylic acids is 1. The zero-order chi connectivity index (χ0) is 19.0. The molecular weight excluding hydrogens is 351 g/mol. The first-order chi connectivity index (χ1) is 13.2. The summed E-state index contributed by atoms with van der Waals surface area (Å²) < 4.78 is 0. The van der Waals surface area contributed by atoms with Crippen LogP contribution >= 0.6 is 7.26 Å². The van der Waals surface area contributed by atoms with Crippen LogP contribution in [0.4, 0.5) is 0 Å². The summed E-state index contributed by atoms with van der Waals surface area (Å²) in [7, 11) is -1.64. The Morgan fingerprint density at radius 3 is 2.04 bits per heavy atom. The van der Waals surface area contributed by atoms with E-state index in [1.165, 1.54) is 16.2 Å². The van der Waals surface area contributed by atoms with E-state index in [1.54, 1.807) is 0 Å². The van der Waals surface area contributed by atoms with Gasteiger partial charge in [0.1, 0.15) is 0 Å². The molecule has 1 aliphatic rings. The predicted octanol–water partition coefficient (Wildman–Crippen LogP) is 5.19. The zero-order valence-corrected chi connectivity index (χ0v) is 16.7. The Bertz CT molecular complexity index is 754. The standard InChI is InChI=1S/C24H27O2P/c25-24(26)18-10-11-19-27(22-14-6-2-7-15-22,23-16-8-3-9-17-23)20-21-12-4-1-5-13-21/h2-4,6-9,12-17H,1,5,10-11,18-20H2/p+1. The maximum absolute atomic E-state index is 11.0. The fraction of sp³-hybridized carbons (Fsp3) is 0.292. The van der Waals surface area contributed by atoms with Gasteiger partial charge in [-0.25, -0.2) is 0 Å². The lowest BCUT2D eigenvalue weighted by atomic mass is 10.1. The van der Waals surface area contributed by atoms with Gasteiger partial charge in [0.25, 0.3) is 0 Å². The molecule has 2 aromatic carbocycles. The van der Waals surface area contributed by atoms with E-state index in [4.69, 9.17) is 5.11 Å². The first kappa shape index (κ1) is 19.6. The van der Waals surface area contributed by atoms with E-state index in [0.717, 1.165) is 38.0 Å². The smallest absolute Gasteiger partial charge is 0.303 e. The fourth-order valence-corrected chi connectivity index (χ4v) is 8.29. The molecule has 0 amide bonds. The number of benzene rings is 2. The molecule has 0 spiro atoms. The van der Waals surface area contributed by atoms with E-state index >= 15 is 0 Å². The predicted molar refractivity (Wildman–Crippen MR) is 117 cm³/mol. The van der Waals surface area contributed by atoms with Gasteiger partial charge in [0, 0.05) is 6.42 Å². The number of hydrogen-bond donors (Lipinski definition) is 1. The molecular formula is C24H28O2P+. The van der Waals surface area contributed by atoms with E-state index in [0.29, 0.717) is 0 Å². The summed E-state index contributed by atoms with van der Waals surface area (Å²) in [6, 6.07) is 21.8. The molecule has 0 aromatic heterocycles. The van der Waals surface area contributed by atoms with E-state index < -0.39 is 13.2 Å². The van der Waals surface area contributed by atoms with Crippen molar-refractivity contribution in [3.05, 3.63) is 84.5 Å². The third kappa shape index (κ3) is 5.17. The highest BCUT2D eigenvalue weighted by molar-refractivity contribution is 7.89. The van der Waals surface area contributed by atoms with Gasteiger partial charge in [-0.3, -0.25) is 4.79 Å². The summed E-state index contributed by atoms with van der Waals surface area (Å²) in [4.78, 5) is 11.0. The van der Waals surface area contributed by atoms with Crippen LogP contribution in [-0.2, 0) is 4.79 Å². The summed E-state index contributed by atoms with van der Waals surface area (Å²) in [6.45, 7) is 0. The molecule has 0 fully saturated rings. The van der Waals surface area contributed by atoms with Crippen molar-refractivity contribution in [2.75, 3.05) is 12.3 Å². The van der Waals surface area contributed by atoms with Crippen LogP contribution in [0.3, 0.4) is 0 Å². The monoisotopic (exact) mass is 379 g/mol. The fourth-order valence-electron chi connectivity index (χ4n) is 3.85. The molecule has 27 heavy (non-hydrogen) atoms.